The summed E-state index contributed by atoms with van der Waals surface area (Å²) < 4.78 is 17.7. The topological polar surface area (TPSA) is 85.3 Å². The number of likely N-dealkylation sites (tertiary alicyclic amines) is 1. The van der Waals surface area contributed by atoms with Gasteiger partial charge >= 0.3 is 0 Å². The number of hydrogen-bond acceptors (Lipinski definition) is 6. The third-order valence-corrected chi connectivity index (χ3v) is 7.53. The number of unbranched alkanes of at least 4 members (excludes halogenated alkanes) is 1. The number of ether oxygens (including phenoxy) is 3. The van der Waals surface area contributed by atoms with E-state index in [2.05, 4.69) is 6.92 Å². The maximum atomic E-state index is 13.6. The Morgan fingerprint density at radius 1 is 1.00 bits per heavy atom. The number of rotatable bonds is 11. The Kier molecular flexibility index (Phi) is 8.62. The third-order valence-electron chi connectivity index (χ3n) is 7.53. The summed E-state index contributed by atoms with van der Waals surface area (Å²) in [4.78, 5) is 28.6. The Morgan fingerprint density at radius 3 is 2.56 bits per heavy atom. The predicted molar refractivity (Wildman–Crippen MR) is 157 cm³/mol. The maximum Gasteiger partial charge on any atom is 0.295 e. The molecular formula is C34H37NO6. The van der Waals surface area contributed by atoms with Gasteiger partial charge in [0.25, 0.3) is 11.7 Å². The second kappa shape index (κ2) is 12.5. The van der Waals surface area contributed by atoms with Crippen molar-refractivity contribution >= 4 is 17.4 Å². The van der Waals surface area contributed by atoms with Gasteiger partial charge in [-0.15, -0.1) is 0 Å². The molecule has 3 aromatic rings. The summed E-state index contributed by atoms with van der Waals surface area (Å²) in [5.74, 6) is 0.392. The molecule has 7 heteroatoms. The quantitative estimate of drug-likeness (QED) is 0.130. The normalized spacial score (nSPS) is 19.2. The number of Topliss-reactive ketones (excluding diaryl/α,β-unsaturated/α-hetero) is 1. The van der Waals surface area contributed by atoms with Crippen LogP contribution in [0.2, 0.25) is 0 Å². The summed E-state index contributed by atoms with van der Waals surface area (Å²) in [5.41, 5.74) is 3.23. The van der Waals surface area contributed by atoms with Crippen LogP contribution in [0, 0.1) is 0 Å². The molecule has 0 spiro atoms. The van der Waals surface area contributed by atoms with Gasteiger partial charge in [0.15, 0.2) is 11.5 Å². The number of benzene rings is 3. The Morgan fingerprint density at radius 2 is 1.80 bits per heavy atom. The Bertz CT molecular complexity index is 1450. The van der Waals surface area contributed by atoms with Crippen molar-refractivity contribution in [1.29, 1.82) is 0 Å². The van der Waals surface area contributed by atoms with E-state index < -0.39 is 17.7 Å². The number of aliphatic hydroxyl groups is 1. The molecule has 0 unspecified atom stereocenters. The number of carbonyl (C=O) groups is 2. The Labute approximate surface area is 241 Å². The molecule has 214 valence electrons. The van der Waals surface area contributed by atoms with Crippen LogP contribution in [0.15, 0.2) is 72.3 Å². The highest BCUT2D eigenvalue weighted by Crippen LogP contribution is 2.43. The molecule has 2 aliphatic rings. The van der Waals surface area contributed by atoms with E-state index in [9.17, 15) is 14.7 Å². The Hall–Kier alpha value is -4.26. The van der Waals surface area contributed by atoms with Crippen LogP contribution in [-0.4, -0.2) is 47.6 Å². The lowest BCUT2D eigenvalue weighted by atomic mass is 9.94. The number of hydrogen-bond donors (Lipinski definition) is 1. The van der Waals surface area contributed by atoms with Gasteiger partial charge in [0.05, 0.1) is 24.8 Å². The van der Waals surface area contributed by atoms with Crippen molar-refractivity contribution in [2.45, 2.75) is 58.6 Å². The minimum atomic E-state index is -0.786. The third kappa shape index (κ3) is 5.94. The Balaban J connectivity index is 1.58. The van der Waals surface area contributed by atoms with Gasteiger partial charge in [0.2, 0.25) is 0 Å². The second-order valence-electron chi connectivity index (χ2n) is 10.5. The minimum Gasteiger partial charge on any atom is -0.507 e. The fourth-order valence-corrected chi connectivity index (χ4v) is 5.49. The molecule has 2 heterocycles. The predicted octanol–water partition coefficient (Wildman–Crippen LogP) is 6.25. The van der Waals surface area contributed by atoms with Gasteiger partial charge in [-0.25, -0.2) is 0 Å². The average Bonchev–Trinajstić information content (AvgIpc) is 3.48. The van der Waals surface area contributed by atoms with Crippen LogP contribution in [0.4, 0.5) is 0 Å². The first-order valence-corrected chi connectivity index (χ1v) is 14.4. The standard InChI is InChI=1S/C34H37NO6/c1-4-6-18-40-28-15-12-24(21-29(28)39-5-2)31-30(32(36)25-13-14-27-26(20-25)19-22(3)41-27)33(37)34(38)35(31)17-16-23-10-8-7-9-11-23/h7-15,20-22,31,36H,4-6,16-19H2,1-3H3/t22-,31-/m1/s1. The van der Waals surface area contributed by atoms with E-state index in [1.807, 2.05) is 74.5 Å². The van der Waals surface area contributed by atoms with Crippen molar-refractivity contribution in [2.75, 3.05) is 19.8 Å². The van der Waals surface area contributed by atoms with Gasteiger partial charge in [0.1, 0.15) is 17.6 Å². The van der Waals surface area contributed by atoms with Crippen LogP contribution in [0.3, 0.4) is 0 Å². The van der Waals surface area contributed by atoms with Crippen LogP contribution < -0.4 is 14.2 Å². The fourth-order valence-electron chi connectivity index (χ4n) is 5.49. The van der Waals surface area contributed by atoms with Gasteiger partial charge in [-0.05, 0) is 73.7 Å². The average molecular weight is 556 g/mol. The molecule has 2 atom stereocenters. The zero-order valence-corrected chi connectivity index (χ0v) is 23.9. The van der Waals surface area contributed by atoms with Crippen LogP contribution in [-0.2, 0) is 22.4 Å². The molecule has 0 saturated carbocycles. The molecule has 0 radical (unpaired) electrons. The van der Waals surface area contributed by atoms with Crippen LogP contribution >= 0.6 is 0 Å². The summed E-state index contributed by atoms with van der Waals surface area (Å²) in [7, 11) is 0. The molecule has 1 fully saturated rings. The number of amides is 1. The van der Waals surface area contributed by atoms with Crippen molar-refractivity contribution in [2.24, 2.45) is 0 Å². The summed E-state index contributed by atoms with van der Waals surface area (Å²) in [6, 6.07) is 19.9. The van der Waals surface area contributed by atoms with Crippen molar-refractivity contribution in [3.63, 3.8) is 0 Å². The summed E-state index contributed by atoms with van der Waals surface area (Å²) in [5, 5.41) is 11.6. The van der Waals surface area contributed by atoms with Crippen molar-refractivity contribution in [3.8, 4) is 17.2 Å². The van der Waals surface area contributed by atoms with Gasteiger partial charge < -0.3 is 24.2 Å². The highest BCUT2D eigenvalue weighted by atomic mass is 16.5. The lowest BCUT2D eigenvalue weighted by Gasteiger charge is -2.26. The lowest BCUT2D eigenvalue weighted by molar-refractivity contribution is -0.139. The number of carbonyl (C=O) groups excluding carboxylic acids is 2. The first kappa shape index (κ1) is 28.3. The SMILES string of the molecule is CCCCOc1ccc([C@@H]2C(=C(O)c3ccc4c(c3)C[C@@H](C)O4)C(=O)C(=O)N2CCc2ccccc2)cc1OCC. The van der Waals surface area contributed by atoms with E-state index in [1.165, 1.54) is 0 Å². The molecule has 7 nitrogen and oxygen atoms in total. The van der Waals surface area contributed by atoms with E-state index in [0.717, 1.165) is 29.7 Å². The molecule has 0 aliphatic carbocycles. The molecule has 2 aliphatic heterocycles. The van der Waals surface area contributed by atoms with Crippen LogP contribution in [0.25, 0.3) is 5.76 Å². The first-order chi connectivity index (χ1) is 19.9. The van der Waals surface area contributed by atoms with Gasteiger partial charge in [-0.1, -0.05) is 49.7 Å². The smallest absolute Gasteiger partial charge is 0.295 e. The van der Waals surface area contributed by atoms with E-state index in [1.54, 1.807) is 11.0 Å². The fraction of sp³-hybridized carbons (Fsp3) is 0.353. The lowest BCUT2D eigenvalue weighted by Crippen LogP contribution is -2.31. The first-order valence-electron chi connectivity index (χ1n) is 14.4. The molecule has 3 aromatic carbocycles. The number of nitrogens with zero attached hydrogens (tertiary/aromatic N) is 1. The van der Waals surface area contributed by atoms with E-state index >= 15 is 0 Å². The maximum absolute atomic E-state index is 13.6. The largest absolute Gasteiger partial charge is 0.507 e. The molecule has 0 aromatic heterocycles. The molecule has 0 bridgehead atoms. The number of ketones is 1. The van der Waals surface area contributed by atoms with Crippen LogP contribution in [0.5, 0.6) is 17.2 Å². The van der Waals surface area contributed by atoms with Gasteiger partial charge in [-0.2, -0.15) is 0 Å². The monoisotopic (exact) mass is 555 g/mol. The van der Waals surface area contributed by atoms with Gasteiger partial charge in [0, 0.05) is 18.5 Å². The van der Waals surface area contributed by atoms with E-state index in [4.69, 9.17) is 14.2 Å². The number of aliphatic hydroxyl groups excluding tert-OH is 1. The molecule has 41 heavy (non-hydrogen) atoms. The van der Waals surface area contributed by atoms with Gasteiger partial charge in [-0.3, -0.25) is 9.59 Å². The summed E-state index contributed by atoms with van der Waals surface area (Å²) in [6.45, 7) is 7.28. The van der Waals surface area contributed by atoms with Crippen molar-refractivity contribution in [1.82, 2.24) is 4.90 Å². The molecule has 1 amide bonds. The summed E-state index contributed by atoms with van der Waals surface area (Å²) >= 11 is 0. The highest BCUT2D eigenvalue weighted by Gasteiger charge is 2.46. The van der Waals surface area contributed by atoms with Crippen LogP contribution in [0.1, 0.15) is 61.9 Å². The minimum absolute atomic E-state index is 0.0426. The van der Waals surface area contributed by atoms with E-state index in [-0.39, 0.29) is 17.4 Å². The van der Waals surface area contributed by atoms with Crippen molar-refractivity contribution in [3.05, 3.63) is 94.6 Å². The molecule has 1 saturated heterocycles. The molecule has 5 rings (SSSR count). The van der Waals surface area contributed by atoms with E-state index in [0.29, 0.717) is 55.2 Å². The highest BCUT2D eigenvalue weighted by molar-refractivity contribution is 6.46. The second-order valence-corrected chi connectivity index (χ2v) is 10.5. The summed E-state index contributed by atoms with van der Waals surface area (Å²) in [6.07, 6.45) is 3.24. The molecular weight excluding hydrogens is 518 g/mol. The number of fused-ring (bicyclic) bond motifs is 1. The zero-order chi connectivity index (χ0) is 28.9. The zero-order valence-electron chi connectivity index (χ0n) is 23.9. The van der Waals surface area contributed by atoms with Crippen molar-refractivity contribution < 1.29 is 28.9 Å². The molecule has 1 N–H and O–H groups in total.